The highest BCUT2D eigenvalue weighted by Gasteiger charge is 2.36. The first-order chi connectivity index (χ1) is 22.5. The van der Waals surface area contributed by atoms with Crippen molar-refractivity contribution in [3.63, 3.8) is 0 Å². The maximum absolute atomic E-state index is 9.83. The molecule has 0 saturated heterocycles. The fraction of sp³-hybridized carbons (Fsp3) is 0.119. The summed E-state index contributed by atoms with van der Waals surface area (Å²) in [5, 5.41) is 9.83. The summed E-state index contributed by atoms with van der Waals surface area (Å²) < 4.78 is 6.79. The second-order valence-electron chi connectivity index (χ2n) is 12.6. The molecule has 2 heterocycles. The van der Waals surface area contributed by atoms with Crippen LogP contribution in [0.25, 0.3) is 22.3 Å². The van der Waals surface area contributed by atoms with E-state index in [1.165, 1.54) is 28.1 Å². The molecule has 2 aliphatic heterocycles. The number of nitrogen functional groups attached to an aromatic ring is 1. The van der Waals surface area contributed by atoms with Gasteiger partial charge in [-0.2, -0.15) is 5.26 Å². The summed E-state index contributed by atoms with van der Waals surface area (Å²) in [5.74, 6) is 1.54. The number of para-hydroxylation sites is 4. The molecule has 0 bridgehead atoms. The fourth-order valence-electron chi connectivity index (χ4n) is 7.34. The van der Waals surface area contributed by atoms with E-state index in [-0.39, 0.29) is 5.41 Å². The van der Waals surface area contributed by atoms with Gasteiger partial charge in [-0.25, -0.2) is 0 Å². The smallest absolute Gasteiger partial charge is 0.135 e. The molecule has 6 aromatic carbocycles. The summed E-state index contributed by atoms with van der Waals surface area (Å²) >= 11 is 0. The van der Waals surface area contributed by atoms with E-state index in [0.29, 0.717) is 17.7 Å². The third-order valence-electron chi connectivity index (χ3n) is 9.68. The monoisotopic (exact) mass is 595 g/mol. The van der Waals surface area contributed by atoms with Crippen molar-refractivity contribution in [2.24, 2.45) is 0 Å². The highest BCUT2D eigenvalue weighted by atomic mass is 16.5. The van der Waals surface area contributed by atoms with Gasteiger partial charge in [0.05, 0.1) is 22.6 Å². The zero-order valence-corrected chi connectivity index (χ0v) is 25.9. The highest BCUT2D eigenvalue weighted by Crippen LogP contribution is 2.52. The lowest BCUT2D eigenvalue weighted by Crippen LogP contribution is -2.30. The summed E-state index contributed by atoms with van der Waals surface area (Å²) in [7, 11) is 0. The van der Waals surface area contributed by atoms with Gasteiger partial charge in [-0.1, -0.05) is 98.8 Å². The van der Waals surface area contributed by atoms with Crippen LogP contribution in [0.15, 0.2) is 127 Å². The Morgan fingerprint density at radius 1 is 0.652 bits per heavy atom. The zero-order chi connectivity index (χ0) is 31.4. The number of nitrogens with zero attached hydrogens (tertiary/aromatic N) is 2. The first-order valence-corrected chi connectivity index (χ1v) is 15.8. The summed E-state index contributed by atoms with van der Waals surface area (Å²) in [5.41, 5.74) is 19.9. The van der Waals surface area contributed by atoms with Gasteiger partial charge in [-0.15, -0.1) is 0 Å². The zero-order valence-electron chi connectivity index (χ0n) is 25.9. The second kappa shape index (κ2) is 10.7. The minimum absolute atomic E-state index is 0.134. The number of nitriles is 1. The molecule has 0 aliphatic carbocycles. The van der Waals surface area contributed by atoms with Gasteiger partial charge in [0.2, 0.25) is 0 Å². The molecule has 0 unspecified atom stereocenters. The lowest BCUT2D eigenvalue weighted by molar-refractivity contribution is 0.486. The average Bonchev–Trinajstić information content (AvgIpc) is 3.10. The molecule has 0 atom stereocenters. The summed E-state index contributed by atoms with van der Waals surface area (Å²) in [6, 6.07) is 46.7. The Kier molecular flexibility index (Phi) is 6.44. The molecule has 0 fully saturated rings. The maximum atomic E-state index is 9.83. The van der Waals surface area contributed by atoms with Gasteiger partial charge < -0.3 is 15.4 Å². The Labute approximate surface area is 270 Å². The van der Waals surface area contributed by atoms with Crippen molar-refractivity contribution in [3.8, 4) is 39.8 Å². The molecule has 0 amide bonds. The fourth-order valence-corrected chi connectivity index (χ4v) is 7.34. The Balaban J connectivity index is 1.36. The van der Waals surface area contributed by atoms with Crippen LogP contribution >= 0.6 is 0 Å². The van der Waals surface area contributed by atoms with E-state index >= 15 is 0 Å². The highest BCUT2D eigenvalue weighted by molar-refractivity contribution is 5.89. The summed E-state index contributed by atoms with van der Waals surface area (Å²) in [6.07, 6.45) is 1.43. The van der Waals surface area contributed by atoms with Crippen LogP contribution in [0.2, 0.25) is 0 Å². The predicted molar refractivity (Wildman–Crippen MR) is 187 cm³/mol. The van der Waals surface area contributed by atoms with Crippen molar-refractivity contribution < 1.29 is 4.74 Å². The van der Waals surface area contributed by atoms with Gasteiger partial charge in [0.1, 0.15) is 17.6 Å². The SMILES string of the molecule is CC1(C)c2ccccc2N(c2ccc3c(c2)-c2ccccc2Oc2ccccc2-c2ccc(C#N)c(N)c2CC3)c2ccccc21. The average molecular weight is 596 g/mol. The van der Waals surface area contributed by atoms with Crippen LogP contribution in [-0.4, -0.2) is 0 Å². The van der Waals surface area contributed by atoms with Crippen LogP contribution in [0, 0.1) is 11.3 Å². The molecule has 4 nitrogen and oxygen atoms in total. The standard InChI is InChI=1S/C42H33N3O/c1-42(2)35-13-5-7-15-37(35)45(38-16-8-6-14-36(38)42)29-22-19-27-20-24-33-30(23-21-28(26-43)41(33)44)31-11-3-9-17-39(31)46-40-18-10-4-12-32(40)34(27)25-29/h3-19,21-23,25H,20,24,44H2,1-2H3. The van der Waals surface area contributed by atoms with Crippen molar-refractivity contribution in [3.05, 3.63) is 155 Å². The van der Waals surface area contributed by atoms with E-state index in [9.17, 15) is 5.26 Å². The first kappa shape index (κ1) is 27.7. The van der Waals surface area contributed by atoms with Crippen LogP contribution in [0.5, 0.6) is 11.5 Å². The van der Waals surface area contributed by atoms with Crippen LogP contribution in [0.1, 0.15) is 41.7 Å². The van der Waals surface area contributed by atoms with Crippen LogP contribution < -0.4 is 15.4 Å². The lowest BCUT2D eigenvalue weighted by atomic mass is 9.73. The summed E-state index contributed by atoms with van der Waals surface area (Å²) in [6.45, 7) is 4.62. The van der Waals surface area contributed by atoms with Crippen molar-refractivity contribution >= 4 is 22.7 Å². The quantitative estimate of drug-likeness (QED) is 0.192. The Morgan fingerprint density at radius 2 is 1.24 bits per heavy atom. The number of benzene rings is 6. The minimum atomic E-state index is -0.134. The van der Waals surface area contributed by atoms with Gasteiger partial charge in [0.25, 0.3) is 0 Å². The third kappa shape index (κ3) is 4.28. The molecule has 0 radical (unpaired) electrons. The van der Waals surface area contributed by atoms with Gasteiger partial charge in [0.15, 0.2) is 0 Å². The first-order valence-electron chi connectivity index (χ1n) is 15.8. The molecule has 4 heteroatoms. The lowest BCUT2D eigenvalue weighted by Gasteiger charge is -2.42. The van der Waals surface area contributed by atoms with E-state index < -0.39 is 0 Å². The van der Waals surface area contributed by atoms with E-state index in [1.807, 2.05) is 42.5 Å². The van der Waals surface area contributed by atoms with Gasteiger partial charge >= 0.3 is 0 Å². The Bertz CT molecular complexity index is 2160. The third-order valence-corrected chi connectivity index (χ3v) is 9.68. The number of rotatable bonds is 1. The molecular weight excluding hydrogens is 562 g/mol. The van der Waals surface area contributed by atoms with Crippen molar-refractivity contribution in [2.75, 3.05) is 10.6 Å². The van der Waals surface area contributed by atoms with Gasteiger partial charge in [0, 0.05) is 22.2 Å². The molecule has 0 saturated carbocycles. The number of anilines is 4. The molecule has 222 valence electrons. The maximum Gasteiger partial charge on any atom is 0.135 e. The summed E-state index contributed by atoms with van der Waals surface area (Å²) in [4.78, 5) is 2.40. The van der Waals surface area contributed by atoms with Crippen molar-refractivity contribution in [1.29, 1.82) is 5.26 Å². The molecule has 0 aromatic heterocycles. The van der Waals surface area contributed by atoms with Crippen LogP contribution in [-0.2, 0) is 18.3 Å². The molecule has 2 N–H and O–H groups in total. The largest absolute Gasteiger partial charge is 0.456 e. The van der Waals surface area contributed by atoms with Crippen molar-refractivity contribution in [1.82, 2.24) is 0 Å². The van der Waals surface area contributed by atoms with Crippen LogP contribution in [0.4, 0.5) is 22.7 Å². The van der Waals surface area contributed by atoms with E-state index in [1.54, 1.807) is 0 Å². The second-order valence-corrected chi connectivity index (χ2v) is 12.6. The van der Waals surface area contributed by atoms with E-state index in [4.69, 9.17) is 10.5 Å². The Morgan fingerprint density at radius 3 is 1.89 bits per heavy atom. The van der Waals surface area contributed by atoms with Crippen LogP contribution in [0.3, 0.4) is 0 Å². The molecular formula is C42H33N3O. The number of aryl methyl sites for hydroxylation is 1. The van der Waals surface area contributed by atoms with Crippen molar-refractivity contribution in [2.45, 2.75) is 32.1 Å². The molecule has 0 spiro atoms. The van der Waals surface area contributed by atoms with E-state index in [2.05, 4.69) is 110 Å². The molecule has 6 aromatic rings. The molecule has 2 aliphatic rings. The van der Waals surface area contributed by atoms with Gasteiger partial charge in [-0.05, 0) is 88.7 Å². The number of nitrogens with two attached hydrogens (primary N) is 1. The van der Waals surface area contributed by atoms with E-state index in [0.717, 1.165) is 51.4 Å². The predicted octanol–water partition coefficient (Wildman–Crippen LogP) is 10.5. The number of fused-ring (bicyclic) bond motifs is 8. The molecule has 8 rings (SSSR count). The normalized spacial score (nSPS) is 14.1. The topological polar surface area (TPSA) is 62.3 Å². The Hall–Kier alpha value is -5.79. The number of hydrogen-bond donors (Lipinski definition) is 1. The number of hydrogen-bond acceptors (Lipinski definition) is 4. The minimum Gasteiger partial charge on any atom is -0.456 e. The number of ether oxygens (including phenoxy) is 1. The van der Waals surface area contributed by atoms with Gasteiger partial charge in [-0.3, -0.25) is 0 Å². The molecule has 46 heavy (non-hydrogen) atoms.